The largest absolute Gasteiger partial charge is 0.508 e. The highest BCUT2D eigenvalue weighted by Gasteiger charge is 2.49. The molecule has 1 N–H and O–H groups in total. The van der Waals surface area contributed by atoms with Crippen LogP contribution in [0.25, 0.3) is 32.9 Å². The van der Waals surface area contributed by atoms with Crippen LogP contribution in [0, 0.1) is 24.0 Å². The number of hydrogen-bond donors (Lipinski definition) is 1. The fourth-order valence-electron chi connectivity index (χ4n) is 8.03. The van der Waals surface area contributed by atoms with Crippen LogP contribution in [-0.4, -0.2) is 70.6 Å². The summed E-state index contributed by atoms with van der Waals surface area (Å²) in [7, 11) is 0. The monoisotopic (exact) mass is 614 g/mol. The number of halogens is 3. The Balaban J connectivity index is 1.33. The summed E-state index contributed by atoms with van der Waals surface area (Å²) >= 11 is 0. The van der Waals surface area contributed by atoms with E-state index in [0.717, 1.165) is 57.3 Å². The molecule has 0 aliphatic carbocycles. The third kappa shape index (κ3) is 4.54. The highest BCUT2D eigenvalue weighted by Crippen LogP contribution is 2.46. The van der Waals surface area contributed by atoms with Crippen molar-refractivity contribution < 1.29 is 27.8 Å². The standard InChI is InChI=1S/C35H33F3N4O3/c1-2-24-26(37)9-8-20-13-23(43)14-25(29(20)24)32-31(38)33-30-27(42-12-5-3-4-7-22(42)18-44-34(30)40-32)15-28(39-33)45-19-35-10-6-11-41(35)17-21(36)16-35/h1,8-9,13-15,21-22,43H,3-7,10-12,16-19H2/t21-,22?,35+/m1/s1. The third-order valence-electron chi connectivity index (χ3n) is 10.1. The molecule has 4 aromatic rings. The predicted molar refractivity (Wildman–Crippen MR) is 166 cm³/mol. The average molecular weight is 615 g/mol. The van der Waals surface area contributed by atoms with Crippen molar-refractivity contribution in [3.8, 4) is 41.1 Å². The van der Waals surface area contributed by atoms with E-state index in [2.05, 4.69) is 25.7 Å². The van der Waals surface area contributed by atoms with Crippen molar-refractivity contribution >= 4 is 27.4 Å². The first-order valence-corrected chi connectivity index (χ1v) is 15.7. The van der Waals surface area contributed by atoms with Crippen LogP contribution < -0.4 is 14.4 Å². The zero-order valence-corrected chi connectivity index (χ0v) is 24.8. The van der Waals surface area contributed by atoms with Crippen LogP contribution >= 0.6 is 0 Å². The SMILES string of the molecule is C#Cc1c(F)ccc2cc(O)cc(-c3nc4c5c(cc(OC[C@@]67CCCN6C[C@H](F)C7)nc5c3F)N3CCCCCC3CO4)c12. The van der Waals surface area contributed by atoms with Gasteiger partial charge in [-0.3, -0.25) is 4.90 Å². The number of ether oxygens (including phenoxy) is 2. The number of hydrogen-bond acceptors (Lipinski definition) is 7. The number of phenolic OH excluding ortho intramolecular Hbond substituents is 1. The Labute approximate surface area is 259 Å². The van der Waals surface area contributed by atoms with Gasteiger partial charge >= 0.3 is 0 Å². The maximum atomic E-state index is 17.0. The molecule has 3 atom stereocenters. The first-order chi connectivity index (χ1) is 21.8. The zero-order chi connectivity index (χ0) is 30.9. The summed E-state index contributed by atoms with van der Waals surface area (Å²) in [6, 6.07) is 7.37. The molecule has 7 nitrogen and oxygen atoms in total. The number of nitrogens with zero attached hydrogens (tertiary/aromatic N) is 4. The van der Waals surface area contributed by atoms with E-state index in [9.17, 15) is 13.9 Å². The first-order valence-electron chi connectivity index (χ1n) is 15.7. The van der Waals surface area contributed by atoms with Crippen LogP contribution in [0.4, 0.5) is 18.9 Å². The Kier molecular flexibility index (Phi) is 6.71. The van der Waals surface area contributed by atoms with E-state index in [1.165, 1.54) is 24.3 Å². The summed E-state index contributed by atoms with van der Waals surface area (Å²) < 4.78 is 59.0. The topological polar surface area (TPSA) is 71.0 Å². The van der Waals surface area contributed by atoms with Gasteiger partial charge < -0.3 is 19.5 Å². The fourth-order valence-corrected chi connectivity index (χ4v) is 8.03. The minimum atomic E-state index is -0.901. The molecular weight excluding hydrogens is 581 g/mol. The lowest BCUT2D eigenvalue weighted by Crippen LogP contribution is -2.43. The summed E-state index contributed by atoms with van der Waals surface area (Å²) in [5.74, 6) is 1.28. The molecule has 0 amide bonds. The van der Waals surface area contributed by atoms with Gasteiger partial charge in [0.15, 0.2) is 5.82 Å². The molecule has 3 saturated heterocycles. The van der Waals surface area contributed by atoms with Crippen LogP contribution in [-0.2, 0) is 0 Å². The Morgan fingerprint density at radius 2 is 1.98 bits per heavy atom. The van der Waals surface area contributed by atoms with E-state index < -0.39 is 23.3 Å². The molecular formula is C35H33F3N4O3. The minimum Gasteiger partial charge on any atom is -0.508 e. The number of phenols is 1. The molecule has 2 aromatic heterocycles. The molecule has 10 heteroatoms. The lowest BCUT2D eigenvalue weighted by molar-refractivity contribution is 0.111. The average Bonchev–Trinajstić information content (AvgIpc) is 3.38. The van der Waals surface area contributed by atoms with Gasteiger partial charge in [-0.1, -0.05) is 24.8 Å². The highest BCUT2D eigenvalue weighted by molar-refractivity contribution is 6.04. The van der Waals surface area contributed by atoms with Gasteiger partial charge in [-0.15, -0.1) is 6.42 Å². The fraction of sp³-hybridized carbons (Fsp3) is 0.429. The predicted octanol–water partition coefficient (Wildman–Crippen LogP) is 6.51. The van der Waals surface area contributed by atoms with E-state index in [4.69, 9.17) is 15.9 Å². The highest BCUT2D eigenvalue weighted by atomic mass is 19.1. The van der Waals surface area contributed by atoms with Gasteiger partial charge in [0.1, 0.15) is 42.2 Å². The molecule has 232 valence electrons. The molecule has 2 aromatic carbocycles. The second kappa shape index (κ2) is 10.7. The van der Waals surface area contributed by atoms with E-state index >= 15 is 4.39 Å². The van der Waals surface area contributed by atoms with Crippen LogP contribution in [0.3, 0.4) is 0 Å². The molecule has 45 heavy (non-hydrogen) atoms. The van der Waals surface area contributed by atoms with Crippen molar-refractivity contribution in [1.82, 2.24) is 14.9 Å². The smallest absolute Gasteiger partial charge is 0.225 e. The normalized spacial score (nSPS) is 24.5. The number of terminal acetylenes is 1. The molecule has 3 fully saturated rings. The lowest BCUT2D eigenvalue weighted by atomic mass is 9.95. The molecule has 0 saturated carbocycles. The number of anilines is 1. The van der Waals surface area contributed by atoms with Crippen LogP contribution in [0.15, 0.2) is 30.3 Å². The maximum absolute atomic E-state index is 17.0. The van der Waals surface area contributed by atoms with Gasteiger partial charge in [0.25, 0.3) is 0 Å². The number of alkyl halides is 1. The van der Waals surface area contributed by atoms with Gasteiger partial charge in [0.05, 0.1) is 28.2 Å². The number of benzene rings is 2. The zero-order valence-electron chi connectivity index (χ0n) is 24.8. The van der Waals surface area contributed by atoms with Crippen molar-refractivity contribution in [2.75, 3.05) is 37.7 Å². The molecule has 1 unspecified atom stereocenters. The summed E-state index contributed by atoms with van der Waals surface area (Å²) in [5.41, 5.74) is 0.243. The van der Waals surface area contributed by atoms with Gasteiger partial charge in [-0.25, -0.2) is 23.1 Å². The van der Waals surface area contributed by atoms with Crippen molar-refractivity contribution in [3.63, 3.8) is 0 Å². The maximum Gasteiger partial charge on any atom is 0.225 e. The number of aromatic hydroxyl groups is 1. The molecule has 6 heterocycles. The van der Waals surface area contributed by atoms with Crippen molar-refractivity contribution in [1.29, 1.82) is 0 Å². The van der Waals surface area contributed by atoms with Crippen LogP contribution in [0.2, 0.25) is 0 Å². The van der Waals surface area contributed by atoms with Gasteiger partial charge in [-0.2, -0.15) is 0 Å². The van der Waals surface area contributed by atoms with E-state index in [1.54, 1.807) is 0 Å². The number of fused-ring (bicyclic) bond motifs is 4. The third-order valence-corrected chi connectivity index (χ3v) is 10.1. The van der Waals surface area contributed by atoms with Crippen LogP contribution in [0.1, 0.15) is 50.5 Å². The van der Waals surface area contributed by atoms with Crippen molar-refractivity contribution in [3.05, 3.63) is 47.5 Å². The summed E-state index contributed by atoms with van der Waals surface area (Å²) in [6.45, 7) is 2.59. The van der Waals surface area contributed by atoms with Crippen molar-refractivity contribution in [2.24, 2.45) is 0 Å². The molecule has 0 spiro atoms. The molecule has 0 bridgehead atoms. The minimum absolute atomic E-state index is 0.00174. The van der Waals surface area contributed by atoms with E-state index in [-0.39, 0.29) is 57.9 Å². The van der Waals surface area contributed by atoms with E-state index in [1.807, 2.05) is 6.07 Å². The number of pyridine rings is 2. The van der Waals surface area contributed by atoms with Gasteiger partial charge in [0.2, 0.25) is 11.8 Å². The Bertz CT molecular complexity index is 1890. The quantitative estimate of drug-likeness (QED) is 0.263. The second-order valence-corrected chi connectivity index (χ2v) is 12.8. The number of aromatic nitrogens is 2. The van der Waals surface area contributed by atoms with E-state index in [0.29, 0.717) is 30.3 Å². The lowest BCUT2D eigenvalue weighted by Gasteiger charge is -2.32. The van der Waals surface area contributed by atoms with Gasteiger partial charge in [-0.05, 0) is 55.8 Å². The van der Waals surface area contributed by atoms with Crippen molar-refractivity contribution in [2.45, 2.75) is 62.7 Å². The number of rotatable bonds is 4. The van der Waals surface area contributed by atoms with Crippen LogP contribution in [0.5, 0.6) is 17.5 Å². The molecule has 4 aliphatic rings. The molecule has 0 radical (unpaired) electrons. The van der Waals surface area contributed by atoms with Gasteiger partial charge in [0, 0.05) is 36.5 Å². The molecule has 4 aliphatic heterocycles. The molecule has 8 rings (SSSR count). The Morgan fingerprint density at radius 3 is 2.84 bits per heavy atom. The Morgan fingerprint density at radius 1 is 1.09 bits per heavy atom. The summed E-state index contributed by atoms with van der Waals surface area (Å²) in [4.78, 5) is 13.8. The summed E-state index contributed by atoms with van der Waals surface area (Å²) in [5, 5.41) is 11.7. The Hall–Kier alpha value is -4.23. The summed E-state index contributed by atoms with van der Waals surface area (Å²) in [6.07, 6.45) is 11.0. The first kappa shape index (κ1) is 28.3. The second-order valence-electron chi connectivity index (χ2n) is 12.8.